The minimum Gasteiger partial charge on any atom is -0.488 e. The van der Waals surface area contributed by atoms with Crippen molar-refractivity contribution in [3.63, 3.8) is 0 Å². The molecule has 0 aliphatic heterocycles. The molecule has 0 aliphatic rings. The average molecular weight is 298 g/mol. The number of ether oxygens (including phenoxy) is 1. The summed E-state index contributed by atoms with van der Waals surface area (Å²) >= 11 is 5.15. The van der Waals surface area contributed by atoms with Gasteiger partial charge in [0.25, 0.3) is 0 Å². The van der Waals surface area contributed by atoms with Crippen LogP contribution in [0.2, 0.25) is 0 Å². The van der Waals surface area contributed by atoms with Gasteiger partial charge < -0.3 is 4.74 Å². The first-order valence-corrected chi connectivity index (χ1v) is 6.61. The maximum Gasteiger partial charge on any atom is 0.124 e. The summed E-state index contributed by atoms with van der Waals surface area (Å²) in [5.74, 6) is 0.909. The summed E-state index contributed by atoms with van der Waals surface area (Å²) in [7, 11) is 0. The van der Waals surface area contributed by atoms with Gasteiger partial charge in [0, 0.05) is 10.7 Å². The number of thiazole rings is 1. The van der Waals surface area contributed by atoms with Gasteiger partial charge in [0.15, 0.2) is 0 Å². The number of hydrogen-bond donors (Lipinski definition) is 0. The van der Waals surface area contributed by atoms with Gasteiger partial charge in [-0.2, -0.15) is 0 Å². The lowest BCUT2D eigenvalue weighted by Crippen LogP contribution is -1.94. The van der Waals surface area contributed by atoms with Gasteiger partial charge in [-0.05, 0) is 37.1 Å². The Morgan fingerprint density at radius 1 is 1.31 bits per heavy atom. The summed E-state index contributed by atoms with van der Waals surface area (Å²) in [5.41, 5.74) is 4.20. The Kier molecular flexibility index (Phi) is 3.61. The van der Waals surface area contributed by atoms with Crippen molar-refractivity contribution in [1.82, 2.24) is 4.98 Å². The van der Waals surface area contributed by atoms with Gasteiger partial charge in [-0.25, -0.2) is 0 Å². The average Bonchev–Trinajstić information content (AvgIpc) is 2.75. The Hall–Kier alpha value is -0.870. The molecule has 0 bridgehead atoms. The number of benzene rings is 1. The number of halogens is 1. The second-order valence-electron chi connectivity index (χ2n) is 3.63. The standard InChI is InChI=1S/C12H12BrNOS/c1-8-3-10(4-9(2)12(8)13)15-6-11-5-14-7-16-11/h3-5,7H,6H2,1-2H3. The molecule has 0 unspecified atom stereocenters. The molecule has 0 spiro atoms. The Morgan fingerprint density at radius 3 is 2.56 bits per heavy atom. The Morgan fingerprint density at radius 2 is 2.00 bits per heavy atom. The van der Waals surface area contributed by atoms with Crippen LogP contribution in [0, 0.1) is 13.8 Å². The molecule has 4 heteroatoms. The number of aryl methyl sites for hydroxylation is 2. The molecule has 0 radical (unpaired) electrons. The van der Waals surface area contributed by atoms with Gasteiger partial charge >= 0.3 is 0 Å². The van der Waals surface area contributed by atoms with Crippen molar-refractivity contribution in [2.45, 2.75) is 20.5 Å². The quantitative estimate of drug-likeness (QED) is 0.851. The van der Waals surface area contributed by atoms with Crippen molar-refractivity contribution >= 4 is 27.3 Å². The van der Waals surface area contributed by atoms with Crippen molar-refractivity contribution in [3.05, 3.63) is 44.3 Å². The molecule has 1 aromatic carbocycles. The Bertz CT molecular complexity index is 459. The zero-order chi connectivity index (χ0) is 11.5. The van der Waals surface area contributed by atoms with Crippen LogP contribution in [0.15, 0.2) is 28.3 Å². The minimum atomic E-state index is 0.588. The van der Waals surface area contributed by atoms with Gasteiger partial charge in [-0.1, -0.05) is 15.9 Å². The molecular formula is C12H12BrNOS. The first-order chi connectivity index (χ1) is 7.66. The van der Waals surface area contributed by atoms with Crippen LogP contribution in [0.5, 0.6) is 5.75 Å². The molecule has 0 fully saturated rings. The van der Waals surface area contributed by atoms with Gasteiger partial charge in [-0.3, -0.25) is 4.98 Å². The molecule has 2 nitrogen and oxygen atoms in total. The van der Waals surface area contributed by atoms with Crippen molar-refractivity contribution in [2.75, 3.05) is 0 Å². The normalized spacial score (nSPS) is 10.4. The minimum absolute atomic E-state index is 0.588. The molecular weight excluding hydrogens is 286 g/mol. The molecule has 84 valence electrons. The van der Waals surface area contributed by atoms with Crippen molar-refractivity contribution in [2.24, 2.45) is 0 Å². The van der Waals surface area contributed by atoms with Gasteiger partial charge in [0.05, 0.1) is 10.4 Å². The topological polar surface area (TPSA) is 22.1 Å². The third kappa shape index (κ3) is 2.62. The van der Waals surface area contributed by atoms with Crippen LogP contribution in [-0.2, 0) is 6.61 Å². The van der Waals surface area contributed by atoms with Crippen LogP contribution in [0.3, 0.4) is 0 Å². The number of hydrogen-bond acceptors (Lipinski definition) is 3. The second-order valence-corrected chi connectivity index (χ2v) is 5.39. The first kappa shape index (κ1) is 11.6. The van der Waals surface area contributed by atoms with E-state index in [2.05, 4.69) is 34.8 Å². The maximum atomic E-state index is 5.72. The zero-order valence-electron chi connectivity index (χ0n) is 9.16. The maximum absolute atomic E-state index is 5.72. The molecule has 0 atom stereocenters. The Labute approximate surface area is 107 Å². The van der Waals surface area contributed by atoms with Gasteiger partial charge in [-0.15, -0.1) is 11.3 Å². The summed E-state index contributed by atoms with van der Waals surface area (Å²) in [6, 6.07) is 4.08. The van der Waals surface area contributed by atoms with E-state index in [9.17, 15) is 0 Å². The summed E-state index contributed by atoms with van der Waals surface area (Å²) in [4.78, 5) is 5.15. The van der Waals surface area contributed by atoms with E-state index >= 15 is 0 Å². The van der Waals surface area contributed by atoms with E-state index in [0.29, 0.717) is 6.61 Å². The fraction of sp³-hybridized carbons (Fsp3) is 0.250. The fourth-order valence-electron chi connectivity index (χ4n) is 1.46. The molecule has 16 heavy (non-hydrogen) atoms. The molecule has 0 aliphatic carbocycles. The highest BCUT2D eigenvalue weighted by Crippen LogP contribution is 2.26. The predicted octanol–water partition coefficient (Wildman–Crippen LogP) is 4.10. The van der Waals surface area contributed by atoms with Crippen LogP contribution in [0.25, 0.3) is 0 Å². The monoisotopic (exact) mass is 297 g/mol. The van der Waals surface area contributed by atoms with E-state index in [1.54, 1.807) is 11.3 Å². The van der Waals surface area contributed by atoms with E-state index in [1.807, 2.05) is 23.8 Å². The molecule has 0 saturated heterocycles. The predicted molar refractivity (Wildman–Crippen MR) is 70.1 cm³/mol. The third-order valence-corrected chi connectivity index (χ3v) is 4.28. The van der Waals surface area contributed by atoms with E-state index < -0.39 is 0 Å². The Balaban J connectivity index is 2.10. The summed E-state index contributed by atoms with van der Waals surface area (Å²) in [5, 5.41) is 0. The molecule has 1 aromatic heterocycles. The molecule has 2 rings (SSSR count). The highest BCUT2D eigenvalue weighted by molar-refractivity contribution is 9.10. The molecule has 1 heterocycles. The van der Waals surface area contributed by atoms with Crippen molar-refractivity contribution < 1.29 is 4.74 Å². The molecule has 0 saturated carbocycles. The molecule has 2 aromatic rings. The van der Waals surface area contributed by atoms with Gasteiger partial charge in [0.2, 0.25) is 0 Å². The van der Waals surface area contributed by atoms with Crippen molar-refractivity contribution in [3.8, 4) is 5.75 Å². The lowest BCUT2D eigenvalue weighted by atomic mass is 10.1. The van der Waals surface area contributed by atoms with E-state index in [0.717, 1.165) is 15.1 Å². The largest absolute Gasteiger partial charge is 0.488 e. The lowest BCUT2D eigenvalue weighted by molar-refractivity contribution is 0.309. The summed E-state index contributed by atoms with van der Waals surface area (Å²) < 4.78 is 6.87. The van der Waals surface area contributed by atoms with Crippen molar-refractivity contribution in [1.29, 1.82) is 0 Å². The van der Waals surface area contributed by atoms with Crippen LogP contribution in [0.4, 0.5) is 0 Å². The van der Waals surface area contributed by atoms with E-state index in [1.165, 1.54) is 11.1 Å². The highest BCUT2D eigenvalue weighted by Gasteiger charge is 2.03. The second kappa shape index (κ2) is 4.97. The molecule has 0 N–H and O–H groups in total. The first-order valence-electron chi connectivity index (χ1n) is 4.93. The number of aromatic nitrogens is 1. The third-order valence-electron chi connectivity index (χ3n) is 2.27. The number of rotatable bonds is 3. The van der Waals surface area contributed by atoms with Gasteiger partial charge in [0.1, 0.15) is 12.4 Å². The van der Waals surface area contributed by atoms with Crippen LogP contribution < -0.4 is 4.74 Å². The number of nitrogens with zero attached hydrogens (tertiary/aromatic N) is 1. The smallest absolute Gasteiger partial charge is 0.124 e. The summed E-state index contributed by atoms with van der Waals surface area (Å²) in [6.45, 7) is 4.72. The SMILES string of the molecule is Cc1cc(OCc2cncs2)cc(C)c1Br. The highest BCUT2D eigenvalue weighted by atomic mass is 79.9. The van der Waals surface area contributed by atoms with Crippen LogP contribution in [-0.4, -0.2) is 4.98 Å². The van der Waals surface area contributed by atoms with E-state index in [-0.39, 0.29) is 0 Å². The zero-order valence-corrected chi connectivity index (χ0v) is 11.6. The molecule has 0 amide bonds. The van der Waals surface area contributed by atoms with Crippen LogP contribution in [0.1, 0.15) is 16.0 Å². The summed E-state index contributed by atoms with van der Waals surface area (Å²) in [6.07, 6.45) is 1.84. The lowest BCUT2D eigenvalue weighted by Gasteiger charge is -2.09. The fourth-order valence-corrected chi connectivity index (χ4v) is 2.19. The van der Waals surface area contributed by atoms with Crippen LogP contribution >= 0.6 is 27.3 Å². The van der Waals surface area contributed by atoms with E-state index in [4.69, 9.17) is 4.74 Å².